The van der Waals surface area contributed by atoms with Gasteiger partial charge in [0.15, 0.2) is 22.6 Å². The van der Waals surface area contributed by atoms with Crippen LogP contribution in [0.2, 0.25) is 0 Å². The average molecular weight is 1790 g/mol. The maximum Gasteiger partial charge on any atom is 0.251 e. The fraction of sp³-hybridized carbons (Fsp3) is 0.449. The van der Waals surface area contributed by atoms with Crippen LogP contribution in [0.1, 0.15) is 180 Å². The summed E-state index contributed by atoms with van der Waals surface area (Å²) in [6.45, 7) is 33.1. The third kappa shape index (κ3) is 25.5. The van der Waals surface area contributed by atoms with Gasteiger partial charge in [-0.05, 0) is 161 Å². The van der Waals surface area contributed by atoms with Crippen LogP contribution in [-0.2, 0) is 41.8 Å². The molecule has 0 bridgehead atoms. The predicted octanol–water partition coefficient (Wildman–Crippen LogP) is 15.7. The molecule has 2 aliphatic heterocycles. The smallest absolute Gasteiger partial charge is 0.251 e. The van der Waals surface area contributed by atoms with Crippen LogP contribution in [0.25, 0.3) is 89.7 Å². The Morgan fingerprint density at radius 1 is 0.412 bits per heavy atom. The van der Waals surface area contributed by atoms with Gasteiger partial charge in [-0.2, -0.15) is 19.9 Å². The first kappa shape index (κ1) is 96.9. The van der Waals surface area contributed by atoms with E-state index in [1.165, 1.54) is 0 Å². The molecule has 3 N–H and O–H groups in total. The number of fused-ring (bicyclic) bond motifs is 4. The van der Waals surface area contributed by atoms with Gasteiger partial charge in [0.1, 0.15) is 74.5 Å². The van der Waals surface area contributed by atoms with Crippen molar-refractivity contribution < 1.29 is 47.6 Å². The lowest BCUT2D eigenvalue weighted by molar-refractivity contribution is -0.121. The van der Waals surface area contributed by atoms with Gasteiger partial charge in [0, 0.05) is 159 Å². The van der Waals surface area contributed by atoms with E-state index < -0.39 is 0 Å². The monoisotopic (exact) mass is 1790 g/mol. The van der Waals surface area contributed by atoms with Crippen molar-refractivity contribution in [2.45, 2.75) is 171 Å². The van der Waals surface area contributed by atoms with Crippen LogP contribution in [0.15, 0.2) is 147 Å². The van der Waals surface area contributed by atoms with Crippen LogP contribution < -0.4 is 49.8 Å². The SMILES string of the molecule is CCC(=O)CCCCCOCc1cccc(-c2nc(N3CCOCC3)nc3c2ncn3C(C)C)c1.CCN(CC)c1nc(-c2cccc(OCCCC(=O)NC)c2)c2ncn(C(C)C)c2n1.CNC(=O)CCCOc1cccc(-c2nc(N(C)C)nc3c2ncn3C(C)C)c1.CNC(=O)c1ccc(COc2cccc(-c3nc(N4CCOCC4)nc4c3ncn4C(C)C)c2)cc1. The molecule has 3 amide bonds. The lowest BCUT2D eigenvalue weighted by Crippen LogP contribution is -2.37. The maximum atomic E-state index is 11.8. The first-order chi connectivity index (χ1) is 63.5. The van der Waals surface area contributed by atoms with Crippen molar-refractivity contribution in [1.29, 1.82) is 0 Å². The number of imidazole rings is 4. The number of carbonyl (C=O) groups excluding carboxylic acids is 4. The Balaban J connectivity index is 0.000000158. The molecule has 33 heteroatoms. The minimum atomic E-state index is -0.109. The highest BCUT2D eigenvalue weighted by atomic mass is 16.5. The molecule has 10 heterocycles. The van der Waals surface area contributed by atoms with Gasteiger partial charge < -0.3 is 82.2 Å². The summed E-state index contributed by atoms with van der Waals surface area (Å²) in [4.78, 5) is 112. The number of carbonyl (C=O) groups is 4. The molecule has 0 aliphatic carbocycles. The van der Waals surface area contributed by atoms with E-state index in [0.29, 0.717) is 127 Å². The number of hydrogen-bond donors (Lipinski definition) is 3. The number of morpholine rings is 2. The van der Waals surface area contributed by atoms with Crippen molar-refractivity contribution in [3.63, 3.8) is 0 Å². The summed E-state index contributed by atoms with van der Waals surface area (Å²) in [7, 11) is 8.74. The maximum absolute atomic E-state index is 11.8. The van der Waals surface area contributed by atoms with Crippen molar-refractivity contribution >= 4 is 92.0 Å². The third-order valence-corrected chi connectivity index (χ3v) is 22.4. The van der Waals surface area contributed by atoms with E-state index in [1.807, 2.05) is 147 Å². The Morgan fingerprint density at radius 3 is 1.23 bits per heavy atom. The Kier molecular flexibility index (Phi) is 35.1. The first-order valence-corrected chi connectivity index (χ1v) is 45.6. The summed E-state index contributed by atoms with van der Waals surface area (Å²) in [5.74, 6) is 5.22. The molecule has 15 rings (SSSR count). The third-order valence-electron chi connectivity index (χ3n) is 22.4. The molecule has 0 saturated carbocycles. The number of hydrogen-bond acceptors (Lipinski definition) is 26. The number of aromatic nitrogens is 16. The topological polar surface area (TPSA) is 347 Å². The lowest BCUT2D eigenvalue weighted by atomic mass is 10.1. The summed E-state index contributed by atoms with van der Waals surface area (Å²) >= 11 is 0. The summed E-state index contributed by atoms with van der Waals surface area (Å²) in [6, 6.07) is 40.2. The number of anilines is 4. The summed E-state index contributed by atoms with van der Waals surface area (Å²) in [6.07, 6.45) is 13.8. The summed E-state index contributed by atoms with van der Waals surface area (Å²) < 4.78 is 43.1. The molecule has 131 heavy (non-hydrogen) atoms. The number of Topliss-reactive ketones (excluding diaryl/α,β-unsaturated/α-hetero) is 1. The van der Waals surface area contributed by atoms with Crippen molar-refractivity contribution in [1.82, 2.24) is 94.0 Å². The Labute approximate surface area is 766 Å². The standard InChI is InChI=1S/C27H30N6O3.C27H37N5O3.C23H32N6O2.C21H28N6O2/c1-18(2)33-17-29-24-23(30-27(31-25(24)33)32-11-13-35-14-12-32)21-5-4-6-22(15-21)36-16-19-7-9-20(10-8-19)26(34)28-3;1-4-23(33)11-6-5-7-14-35-18-21-9-8-10-22(17-21)24-25-26(32(19-28-25)20(2)3)30-27(29-24)31-12-15-34-16-13-31;1-6-28(7-2)23-26-20(21-22(27-23)29(15-25-21)16(3)4)17-10-8-11-18(14-17)31-13-9-12-19(30)24-5;1-14(2)27-13-23-19-18(24-21(26(4)5)25-20(19)27)15-8-6-9-16(12-15)29-11-7-10-17(28)22-3/h4-10,15,17-18H,11-14,16H2,1-3H3,(H,28,34);8-10,17,19-20H,4-7,11-16,18H2,1-3H3;8,10-11,14-16H,6-7,9,12-13H2,1-5H3,(H,24,30);6,8-9,12-14H,7,10-11H2,1-5H3,(H,22,28). The fourth-order valence-corrected chi connectivity index (χ4v) is 14.8. The Hall–Kier alpha value is -13.1. The van der Waals surface area contributed by atoms with Crippen LogP contribution in [0.4, 0.5) is 23.8 Å². The van der Waals surface area contributed by atoms with E-state index >= 15 is 0 Å². The molecule has 0 spiro atoms. The number of amides is 3. The molecular weight excluding hydrogens is 1660 g/mol. The molecule has 0 atom stereocenters. The number of benzene rings is 5. The quantitative estimate of drug-likeness (QED) is 0.0304. The normalized spacial score (nSPS) is 12.7. The predicted molar refractivity (Wildman–Crippen MR) is 514 cm³/mol. The van der Waals surface area contributed by atoms with E-state index in [2.05, 4.69) is 147 Å². The molecule has 13 aromatic rings. The zero-order valence-electron chi connectivity index (χ0n) is 78.7. The average Bonchev–Trinajstić information content (AvgIpc) is 1.66. The number of unbranched alkanes of at least 4 members (excludes halogenated alkanes) is 2. The number of nitrogens with one attached hydrogen (secondary N) is 3. The minimum absolute atomic E-state index is 0.0164. The summed E-state index contributed by atoms with van der Waals surface area (Å²) in [5.41, 5.74) is 16.1. The molecule has 0 radical (unpaired) electrons. The van der Waals surface area contributed by atoms with Crippen LogP contribution in [-0.4, -0.2) is 222 Å². The second-order valence-corrected chi connectivity index (χ2v) is 33.3. The first-order valence-electron chi connectivity index (χ1n) is 45.6. The van der Waals surface area contributed by atoms with E-state index in [4.69, 9.17) is 73.3 Å². The van der Waals surface area contributed by atoms with Gasteiger partial charge in [-0.3, -0.25) is 19.2 Å². The number of ether oxygens (including phenoxy) is 6. The van der Waals surface area contributed by atoms with E-state index in [0.717, 1.165) is 183 Å². The van der Waals surface area contributed by atoms with Gasteiger partial charge >= 0.3 is 0 Å². The van der Waals surface area contributed by atoms with E-state index in [9.17, 15) is 19.2 Å². The second-order valence-electron chi connectivity index (χ2n) is 33.3. The molecule has 694 valence electrons. The van der Waals surface area contributed by atoms with Crippen molar-refractivity contribution in [2.24, 2.45) is 0 Å². The number of ketones is 1. The molecule has 5 aromatic carbocycles. The molecule has 2 fully saturated rings. The van der Waals surface area contributed by atoms with Gasteiger partial charge in [-0.15, -0.1) is 0 Å². The molecule has 2 saturated heterocycles. The second kappa shape index (κ2) is 47.4. The van der Waals surface area contributed by atoms with Gasteiger partial charge in [-0.1, -0.05) is 80.1 Å². The highest BCUT2D eigenvalue weighted by Crippen LogP contribution is 2.37. The highest BCUT2D eigenvalue weighted by molar-refractivity contribution is 5.95. The van der Waals surface area contributed by atoms with Gasteiger partial charge in [0.05, 0.1) is 71.6 Å². The van der Waals surface area contributed by atoms with Crippen molar-refractivity contribution in [2.75, 3.05) is 140 Å². The number of nitrogens with zero attached hydrogens (tertiary/aromatic N) is 20. The Bertz CT molecular complexity index is 5930. The molecular formula is C98H127N23O10. The van der Waals surface area contributed by atoms with Gasteiger partial charge in [0.25, 0.3) is 5.91 Å². The van der Waals surface area contributed by atoms with Crippen LogP contribution >= 0.6 is 0 Å². The van der Waals surface area contributed by atoms with E-state index in [-0.39, 0.29) is 41.9 Å². The highest BCUT2D eigenvalue weighted by Gasteiger charge is 2.27. The zero-order valence-corrected chi connectivity index (χ0v) is 78.7. The molecule has 8 aromatic heterocycles. The molecule has 0 unspecified atom stereocenters. The largest absolute Gasteiger partial charge is 0.494 e. The lowest BCUT2D eigenvalue weighted by Gasteiger charge is -2.27. The van der Waals surface area contributed by atoms with Gasteiger partial charge in [-0.25, -0.2) is 39.9 Å². The van der Waals surface area contributed by atoms with Crippen LogP contribution in [0, 0.1) is 0 Å². The Morgan fingerprint density at radius 2 is 0.817 bits per heavy atom. The fourth-order valence-electron chi connectivity index (χ4n) is 14.8. The number of rotatable bonds is 37. The van der Waals surface area contributed by atoms with Crippen molar-refractivity contribution in [3.8, 4) is 62.3 Å². The zero-order chi connectivity index (χ0) is 93.0. The molecule has 2 aliphatic rings. The van der Waals surface area contributed by atoms with Gasteiger partial charge in [0.2, 0.25) is 35.6 Å². The summed E-state index contributed by atoms with van der Waals surface area (Å²) in [5, 5.41) is 7.87. The minimum Gasteiger partial charge on any atom is -0.494 e. The van der Waals surface area contributed by atoms with E-state index in [1.54, 1.807) is 33.3 Å². The molecule has 33 nitrogen and oxygen atoms in total. The van der Waals surface area contributed by atoms with Crippen molar-refractivity contribution in [3.05, 3.63) is 163 Å². The van der Waals surface area contributed by atoms with Crippen LogP contribution in [0.5, 0.6) is 17.2 Å². The van der Waals surface area contributed by atoms with Crippen LogP contribution in [0.3, 0.4) is 0 Å².